The number of hydrogen-bond acceptors (Lipinski definition) is 4. The fourth-order valence-corrected chi connectivity index (χ4v) is 8.47. The lowest BCUT2D eigenvalue weighted by Gasteiger charge is -2.57. The van der Waals surface area contributed by atoms with E-state index in [9.17, 15) is 5.26 Å². The summed E-state index contributed by atoms with van der Waals surface area (Å²) >= 11 is 0. The van der Waals surface area contributed by atoms with E-state index in [4.69, 9.17) is 15.0 Å². The van der Waals surface area contributed by atoms with Crippen LogP contribution in [0.1, 0.15) is 49.7 Å². The van der Waals surface area contributed by atoms with Crippen molar-refractivity contribution < 1.29 is 0 Å². The van der Waals surface area contributed by atoms with E-state index in [1.165, 1.54) is 49.7 Å². The second-order valence-electron chi connectivity index (χ2n) is 12.7. The van der Waals surface area contributed by atoms with Gasteiger partial charge in [-0.05, 0) is 90.5 Å². The number of benzene rings is 4. The smallest absolute Gasteiger partial charge is 0.164 e. The fourth-order valence-electron chi connectivity index (χ4n) is 8.47. The molecule has 4 aromatic carbocycles. The van der Waals surface area contributed by atoms with E-state index in [1.807, 2.05) is 54.6 Å². The van der Waals surface area contributed by atoms with Gasteiger partial charge in [0.1, 0.15) is 0 Å². The van der Waals surface area contributed by atoms with Crippen LogP contribution in [-0.4, -0.2) is 15.0 Å². The third kappa shape index (κ3) is 4.41. The van der Waals surface area contributed by atoms with E-state index < -0.39 is 0 Å². The van der Waals surface area contributed by atoms with Gasteiger partial charge in [0.05, 0.1) is 11.6 Å². The van der Waals surface area contributed by atoms with Crippen LogP contribution in [0.15, 0.2) is 103 Å². The Morgan fingerprint density at radius 1 is 0.548 bits per heavy atom. The molecule has 204 valence electrons. The van der Waals surface area contributed by atoms with Gasteiger partial charge in [0.25, 0.3) is 0 Å². The number of rotatable bonds is 5. The lowest BCUT2D eigenvalue weighted by molar-refractivity contribution is -0.00518. The number of aromatic nitrogens is 3. The fraction of sp³-hybridized carbons (Fsp3) is 0.263. The van der Waals surface area contributed by atoms with Gasteiger partial charge in [0.2, 0.25) is 0 Å². The van der Waals surface area contributed by atoms with E-state index in [-0.39, 0.29) is 0 Å². The molecule has 4 heteroatoms. The summed E-state index contributed by atoms with van der Waals surface area (Å²) in [5, 5.41) is 9.50. The van der Waals surface area contributed by atoms with E-state index in [0.717, 1.165) is 40.0 Å². The van der Waals surface area contributed by atoms with Gasteiger partial charge in [-0.2, -0.15) is 5.26 Å². The van der Waals surface area contributed by atoms with E-state index in [2.05, 4.69) is 48.5 Å². The average molecular weight is 545 g/mol. The molecule has 4 fully saturated rings. The van der Waals surface area contributed by atoms with E-state index in [0.29, 0.717) is 28.5 Å². The molecule has 0 saturated heterocycles. The summed E-state index contributed by atoms with van der Waals surface area (Å²) < 4.78 is 0. The van der Waals surface area contributed by atoms with Gasteiger partial charge < -0.3 is 0 Å². The van der Waals surface area contributed by atoms with Gasteiger partial charge in [0.15, 0.2) is 17.5 Å². The molecule has 4 saturated carbocycles. The Bertz CT molecular complexity index is 1780. The largest absolute Gasteiger partial charge is 0.208 e. The van der Waals surface area contributed by atoms with Crippen LogP contribution in [0.2, 0.25) is 0 Å². The summed E-state index contributed by atoms with van der Waals surface area (Å²) in [5.41, 5.74) is 7.48. The molecule has 4 aliphatic carbocycles. The minimum Gasteiger partial charge on any atom is -0.208 e. The predicted octanol–water partition coefficient (Wildman–Crippen LogP) is 8.88. The summed E-state index contributed by atoms with van der Waals surface area (Å²) in [6, 6.07) is 37.5. The van der Waals surface area contributed by atoms with Crippen molar-refractivity contribution in [2.45, 2.75) is 43.9 Å². The zero-order valence-corrected chi connectivity index (χ0v) is 23.6. The second kappa shape index (κ2) is 10.0. The topological polar surface area (TPSA) is 62.5 Å². The molecule has 4 aliphatic rings. The predicted molar refractivity (Wildman–Crippen MR) is 166 cm³/mol. The van der Waals surface area contributed by atoms with Crippen LogP contribution in [0.25, 0.3) is 45.3 Å². The van der Waals surface area contributed by atoms with E-state index >= 15 is 0 Å². The van der Waals surface area contributed by atoms with Crippen LogP contribution in [0, 0.1) is 29.1 Å². The van der Waals surface area contributed by atoms with Crippen LogP contribution in [0.3, 0.4) is 0 Å². The second-order valence-corrected chi connectivity index (χ2v) is 12.7. The van der Waals surface area contributed by atoms with Gasteiger partial charge in [-0.1, -0.05) is 91.0 Å². The molecule has 0 N–H and O–H groups in total. The zero-order chi connectivity index (χ0) is 28.1. The summed E-state index contributed by atoms with van der Waals surface area (Å²) in [4.78, 5) is 14.8. The summed E-state index contributed by atoms with van der Waals surface area (Å²) in [6.45, 7) is 0. The number of hydrogen-bond donors (Lipinski definition) is 0. The SMILES string of the molecule is N#Cc1cccc(-c2nc(-c3ccccc3)nc(-c3ccccc3-c3ccc(C45CC6CC(CC(C6)C4)C5)cc3)n2)c1. The highest BCUT2D eigenvalue weighted by molar-refractivity contribution is 5.82. The van der Waals surface area contributed by atoms with Crippen LogP contribution in [0.5, 0.6) is 0 Å². The quantitative estimate of drug-likeness (QED) is 0.222. The van der Waals surface area contributed by atoms with Crippen LogP contribution >= 0.6 is 0 Å². The first-order chi connectivity index (χ1) is 20.7. The average Bonchev–Trinajstić information content (AvgIpc) is 3.04. The third-order valence-electron chi connectivity index (χ3n) is 9.93. The summed E-state index contributed by atoms with van der Waals surface area (Å²) in [6.07, 6.45) is 8.51. The van der Waals surface area contributed by atoms with Gasteiger partial charge in [0, 0.05) is 16.7 Å². The molecule has 0 aliphatic heterocycles. The maximum atomic E-state index is 9.50. The Morgan fingerprint density at radius 3 is 1.79 bits per heavy atom. The first kappa shape index (κ1) is 25.1. The minimum absolute atomic E-state index is 0.387. The molecule has 0 amide bonds. The van der Waals surface area contributed by atoms with Crippen LogP contribution < -0.4 is 0 Å². The van der Waals surface area contributed by atoms with Crippen LogP contribution in [0.4, 0.5) is 0 Å². The summed E-state index contributed by atoms with van der Waals surface area (Å²) in [5.74, 6) is 4.60. The summed E-state index contributed by atoms with van der Waals surface area (Å²) in [7, 11) is 0. The number of nitriles is 1. The molecule has 1 heterocycles. The Hall–Kier alpha value is -4.62. The highest BCUT2D eigenvalue weighted by Crippen LogP contribution is 2.60. The first-order valence-corrected chi connectivity index (χ1v) is 15.2. The highest BCUT2D eigenvalue weighted by Gasteiger charge is 2.51. The Balaban J connectivity index is 1.21. The van der Waals surface area contributed by atoms with Crippen molar-refractivity contribution in [2.24, 2.45) is 17.8 Å². The zero-order valence-electron chi connectivity index (χ0n) is 23.6. The van der Waals surface area contributed by atoms with Crippen molar-refractivity contribution in [2.75, 3.05) is 0 Å². The molecule has 1 aromatic heterocycles. The molecule has 0 atom stereocenters. The lowest BCUT2D eigenvalue weighted by Crippen LogP contribution is -2.48. The van der Waals surface area contributed by atoms with Gasteiger partial charge in [-0.3, -0.25) is 0 Å². The normalized spacial score (nSPS) is 23.9. The van der Waals surface area contributed by atoms with Crippen molar-refractivity contribution in [3.05, 3.63) is 114 Å². The highest BCUT2D eigenvalue weighted by atomic mass is 15.0. The molecular formula is C38H32N4. The van der Waals surface area contributed by atoms with Gasteiger partial charge >= 0.3 is 0 Å². The molecule has 0 radical (unpaired) electrons. The Labute approximate surface area is 247 Å². The van der Waals surface area contributed by atoms with Gasteiger partial charge in [-0.25, -0.2) is 15.0 Å². The lowest BCUT2D eigenvalue weighted by atomic mass is 9.48. The Kier molecular flexibility index (Phi) is 6.00. The van der Waals surface area contributed by atoms with Crippen molar-refractivity contribution in [3.8, 4) is 51.4 Å². The van der Waals surface area contributed by atoms with E-state index in [1.54, 1.807) is 6.07 Å². The minimum atomic E-state index is 0.387. The number of nitrogens with zero attached hydrogens (tertiary/aromatic N) is 4. The molecular weight excluding hydrogens is 512 g/mol. The molecule has 9 rings (SSSR count). The maximum absolute atomic E-state index is 9.50. The van der Waals surface area contributed by atoms with Gasteiger partial charge in [-0.15, -0.1) is 0 Å². The molecule has 5 aromatic rings. The first-order valence-electron chi connectivity index (χ1n) is 15.2. The van der Waals surface area contributed by atoms with Crippen molar-refractivity contribution in [1.82, 2.24) is 15.0 Å². The molecule has 0 unspecified atom stereocenters. The maximum Gasteiger partial charge on any atom is 0.164 e. The molecule has 4 nitrogen and oxygen atoms in total. The van der Waals surface area contributed by atoms with Crippen molar-refractivity contribution >= 4 is 0 Å². The third-order valence-corrected chi connectivity index (χ3v) is 9.93. The van der Waals surface area contributed by atoms with Crippen molar-refractivity contribution in [1.29, 1.82) is 5.26 Å². The molecule has 4 bridgehead atoms. The van der Waals surface area contributed by atoms with Crippen LogP contribution in [-0.2, 0) is 5.41 Å². The standard InChI is InChI=1S/C38H32N4/c39-24-25-7-6-10-31(20-25)36-40-35(30-8-2-1-3-9-30)41-37(42-36)34-12-5-4-11-33(34)29-13-15-32(16-14-29)38-21-26-17-27(22-38)19-28(18-26)23-38/h1-16,20,26-28H,17-19,21-23H2. The molecule has 42 heavy (non-hydrogen) atoms. The van der Waals surface area contributed by atoms with Crippen molar-refractivity contribution in [3.63, 3.8) is 0 Å². The Morgan fingerprint density at radius 2 is 1.12 bits per heavy atom. The monoisotopic (exact) mass is 544 g/mol. The molecule has 0 spiro atoms.